The Bertz CT molecular complexity index is 1170. The molecule has 140 valence electrons. The van der Waals surface area contributed by atoms with E-state index >= 15 is 0 Å². The Morgan fingerprint density at radius 1 is 1.14 bits per heavy atom. The molecular formula is C21H19N5OS. The summed E-state index contributed by atoms with van der Waals surface area (Å²) < 4.78 is 0. The number of carbonyl (C=O) groups is 1. The average molecular weight is 389 g/mol. The van der Waals surface area contributed by atoms with Gasteiger partial charge in [-0.2, -0.15) is 0 Å². The molecule has 0 spiro atoms. The Labute approximate surface area is 166 Å². The third kappa shape index (κ3) is 3.22. The molecule has 0 fully saturated rings. The van der Waals surface area contributed by atoms with Gasteiger partial charge in [-0.15, -0.1) is 10.2 Å². The van der Waals surface area contributed by atoms with Crippen molar-refractivity contribution in [3.8, 4) is 0 Å². The SMILES string of the molecule is O=C(CSc1nnc2c(n1)[nH]c1ccccc12)N[C@H]1CCCc2ccccc21. The predicted octanol–water partition coefficient (Wildman–Crippen LogP) is 3.79. The smallest absolute Gasteiger partial charge is 0.230 e. The zero-order chi connectivity index (χ0) is 18.9. The van der Waals surface area contributed by atoms with Gasteiger partial charge in [-0.05, 0) is 36.5 Å². The monoisotopic (exact) mass is 389 g/mol. The van der Waals surface area contributed by atoms with Gasteiger partial charge in [0.1, 0.15) is 5.52 Å². The van der Waals surface area contributed by atoms with E-state index in [0.717, 1.165) is 35.7 Å². The first kappa shape index (κ1) is 17.2. The maximum absolute atomic E-state index is 12.5. The molecule has 0 saturated heterocycles. The summed E-state index contributed by atoms with van der Waals surface area (Å²) in [5.41, 5.74) is 5.01. The van der Waals surface area contributed by atoms with E-state index in [4.69, 9.17) is 0 Å². The number of aromatic amines is 1. The third-order valence-electron chi connectivity index (χ3n) is 5.14. The molecule has 0 saturated carbocycles. The largest absolute Gasteiger partial charge is 0.349 e. The van der Waals surface area contributed by atoms with Gasteiger partial charge >= 0.3 is 0 Å². The van der Waals surface area contributed by atoms with Crippen LogP contribution < -0.4 is 5.32 Å². The van der Waals surface area contributed by atoms with Crippen LogP contribution in [0.3, 0.4) is 0 Å². The van der Waals surface area contributed by atoms with E-state index < -0.39 is 0 Å². The second-order valence-corrected chi connectivity index (χ2v) is 7.90. The number of hydrogen-bond donors (Lipinski definition) is 2. The molecule has 2 heterocycles. The summed E-state index contributed by atoms with van der Waals surface area (Å²) in [5.74, 6) is 0.263. The van der Waals surface area contributed by atoms with E-state index in [1.807, 2.05) is 30.3 Å². The Morgan fingerprint density at radius 2 is 2.00 bits per heavy atom. The number of nitrogens with zero attached hydrogens (tertiary/aromatic N) is 3. The molecule has 4 aromatic rings. The Kier molecular flexibility index (Phi) is 4.44. The summed E-state index contributed by atoms with van der Waals surface area (Å²) in [6.07, 6.45) is 3.16. The van der Waals surface area contributed by atoms with Gasteiger partial charge in [0.15, 0.2) is 5.65 Å². The fourth-order valence-electron chi connectivity index (χ4n) is 3.84. The van der Waals surface area contributed by atoms with Crippen LogP contribution in [0.4, 0.5) is 0 Å². The molecule has 5 rings (SSSR count). The van der Waals surface area contributed by atoms with Crippen LogP contribution in [0.2, 0.25) is 0 Å². The van der Waals surface area contributed by atoms with Crippen molar-refractivity contribution in [2.75, 3.05) is 5.75 Å². The van der Waals surface area contributed by atoms with E-state index in [1.54, 1.807) is 0 Å². The number of H-pyrrole nitrogens is 1. The van der Waals surface area contributed by atoms with Gasteiger partial charge < -0.3 is 10.3 Å². The highest BCUT2D eigenvalue weighted by atomic mass is 32.2. The highest BCUT2D eigenvalue weighted by Gasteiger charge is 2.21. The van der Waals surface area contributed by atoms with Crippen LogP contribution in [0.25, 0.3) is 22.1 Å². The molecule has 6 nitrogen and oxygen atoms in total. The molecule has 0 radical (unpaired) electrons. The van der Waals surface area contributed by atoms with Crippen LogP contribution in [-0.2, 0) is 11.2 Å². The molecule has 1 aliphatic carbocycles. The van der Waals surface area contributed by atoms with Crippen LogP contribution in [0, 0.1) is 0 Å². The zero-order valence-corrected chi connectivity index (χ0v) is 16.0. The van der Waals surface area contributed by atoms with Crippen molar-refractivity contribution in [1.82, 2.24) is 25.5 Å². The minimum atomic E-state index is -0.00736. The number of amides is 1. The summed E-state index contributed by atoms with van der Waals surface area (Å²) >= 11 is 1.31. The van der Waals surface area contributed by atoms with Crippen LogP contribution in [0.5, 0.6) is 0 Å². The molecule has 0 unspecified atom stereocenters. The number of aryl methyl sites for hydroxylation is 1. The van der Waals surface area contributed by atoms with Crippen molar-refractivity contribution >= 4 is 39.7 Å². The van der Waals surface area contributed by atoms with Gasteiger partial charge in [-0.3, -0.25) is 4.79 Å². The molecular weight excluding hydrogens is 370 g/mol. The Hall–Kier alpha value is -2.93. The van der Waals surface area contributed by atoms with Crippen LogP contribution >= 0.6 is 11.8 Å². The molecule has 0 bridgehead atoms. The third-order valence-corrected chi connectivity index (χ3v) is 5.98. The summed E-state index contributed by atoms with van der Waals surface area (Å²) in [4.78, 5) is 20.3. The number of para-hydroxylation sites is 1. The Balaban J connectivity index is 1.27. The van der Waals surface area contributed by atoms with E-state index in [9.17, 15) is 4.79 Å². The number of rotatable bonds is 4. The van der Waals surface area contributed by atoms with Crippen LogP contribution in [0.1, 0.15) is 30.0 Å². The van der Waals surface area contributed by atoms with Crippen LogP contribution in [-0.4, -0.2) is 31.8 Å². The summed E-state index contributed by atoms with van der Waals surface area (Å²) in [6.45, 7) is 0. The van der Waals surface area contributed by atoms with Gasteiger partial charge in [0.25, 0.3) is 0 Å². The lowest BCUT2D eigenvalue weighted by Gasteiger charge is -2.26. The molecule has 2 aromatic heterocycles. The maximum Gasteiger partial charge on any atom is 0.230 e. The number of thioether (sulfide) groups is 1. The maximum atomic E-state index is 12.5. The lowest BCUT2D eigenvalue weighted by atomic mass is 9.88. The quantitative estimate of drug-likeness (QED) is 0.519. The zero-order valence-electron chi connectivity index (χ0n) is 15.2. The predicted molar refractivity (Wildman–Crippen MR) is 110 cm³/mol. The van der Waals surface area contributed by atoms with Crippen molar-refractivity contribution in [2.45, 2.75) is 30.5 Å². The molecule has 28 heavy (non-hydrogen) atoms. The normalized spacial score (nSPS) is 16.2. The van der Waals surface area contributed by atoms with E-state index in [1.165, 1.54) is 22.9 Å². The van der Waals surface area contributed by atoms with Crippen LogP contribution in [0.15, 0.2) is 53.7 Å². The van der Waals surface area contributed by atoms with Gasteiger partial charge in [0.05, 0.1) is 11.8 Å². The fourth-order valence-corrected chi connectivity index (χ4v) is 4.43. The second-order valence-electron chi connectivity index (χ2n) is 6.96. The fraction of sp³-hybridized carbons (Fsp3) is 0.238. The highest BCUT2D eigenvalue weighted by molar-refractivity contribution is 7.99. The lowest BCUT2D eigenvalue weighted by molar-refractivity contribution is -0.119. The second kappa shape index (κ2) is 7.24. The molecule has 1 atom stereocenters. The standard InChI is InChI=1S/C21H19N5OS/c27-18(22-16-11-5-7-13-6-1-2-8-14(13)16)12-28-21-24-20-19(25-26-21)15-9-3-4-10-17(15)23-20/h1-4,6,8-10,16H,5,7,11-12H2,(H,22,27)(H,23,24,26)/t16-/m0/s1. The summed E-state index contributed by atoms with van der Waals surface area (Å²) in [7, 11) is 0. The first-order valence-corrected chi connectivity index (χ1v) is 10.4. The molecule has 7 heteroatoms. The van der Waals surface area contributed by atoms with Gasteiger partial charge in [0, 0.05) is 10.9 Å². The van der Waals surface area contributed by atoms with Gasteiger partial charge in [-0.1, -0.05) is 54.2 Å². The molecule has 1 amide bonds. The molecule has 1 aliphatic rings. The minimum absolute atomic E-state index is 0.00736. The molecule has 2 N–H and O–H groups in total. The van der Waals surface area contributed by atoms with E-state index in [-0.39, 0.29) is 17.7 Å². The Morgan fingerprint density at radius 3 is 2.96 bits per heavy atom. The van der Waals surface area contributed by atoms with Crippen molar-refractivity contribution in [2.24, 2.45) is 0 Å². The number of benzene rings is 2. The summed E-state index contributed by atoms with van der Waals surface area (Å²) in [5, 5.41) is 13.1. The molecule has 0 aliphatic heterocycles. The topological polar surface area (TPSA) is 83.6 Å². The number of nitrogens with one attached hydrogen (secondary N) is 2. The average Bonchev–Trinajstić information content (AvgIpc) is 3.10. The van der Waals surface area contributed by atoms with Gasteiger partial charge in [0.2, 0.25) is 11.1 Å². The van der Waals surface area contributed by atoms with Crippen molar-refractivity contribution in [3.63, 3.8) is 0 Å². The van der Waals surface area contributed by atoms with Crippen molar-refractivity contribution in [3.05, 3.63) is 59.7 Å². The summed E-state index contributed by atoms with van der Waals surface area (Å²) in [6, 6.07) is 16.4. The first-order chi connectivity index (χ1) is 13.8. The number of hydrogen-bond acceptors (Lipinski definition) is 5. The number of aromatic nitrogens is 4. The highest BCUT2D eigenvalue weighted by Crippen LogP contribution is 2.29. The van der Waals surface area contributed by atoms with E-state index in [2.05, 4.69) is 43.7 Å². The van der Waals surface area contributed by atoms with Crippen molar-refractivity contribution < 1.29 is 4.79 Å². The minimum Gasteiger partial charge on any atom is -0.349 e. The van der Waals surface area contributed by atoms with E-state index in [0.29, 0.717) is 10.8 Å². The first-order valence-electron chi connectivity index (χ1n) is 9.39. The van der Waals surface area contributed by atoms with Crippen molar-refractivity contribution in [1.29, 1.82) is 0 Å². The number of carbonyl (C=O) groups excluding carboxylic acids is 1. The lowest BCUT2D eigenvalue weighted by Crippen LogP contribution is -2.32. The van der Waals surface area contributed by atoms with Gasteiger partial charge in [-0.25, -0.2) is 4.98 Å². The molecule has 2 aromatic carbocycles. The number of fused-ring (bicyclic) bond motifs is 4.